The van der Waals surface area contributed by atoms with E-state index in [9.17, 15) is 9.59 Å². The second-order valence-corrected chi connectivity index (χ2v) is 4.67. The van der Waals surface area contributed by atoms with Crippen molar-refractivity contribution in [3.05, 3.63) is 0 Å². The summed E-state index contributed by atoms with van der Waals surface area (Å²) < 4.78 is 5.05. The molecule has 1 atom stereocenters. The van der Waals surface area contributed by atoms with E-state index in [1.54, 1.807) is 0 Å². The van der Waals surface area contributed by atoms with E-state index >= 15 is 0 Å². The topological polar surface area (TPSA) is 75.6 Å². The molecule has 0 aromatic carbocycles. The molecule has 5 heteroatoms. The van der Waals surface area contributed by atoms with Crippen molar-refractivity contribution in [3.63, 3.8) is 0 Å². The van der Waals surface area contributed by atoms with Gasteiger partial charge < -0.3 is 15.2 Å². The first kappa shape index (κ1) is 13.0. The Hall–Kier alpha value is -1.10. The van der Waals surface area contributed by atoms with Gasteiger partial charge in [-0.1, -0.05) is 13.8 Å². The van der Waals surface area contributed by atoms with Gasteiger partial charge in [0.25, 0.3) is 0 Å². The Bertz CT molecular complexity index is 269. The van der Waals surface area contributed by atoms with E-state index in [0.717, 1.165) is 6.42 Å². The zero-order valence-electron chi connectivity index (χ0n) is 9.78. The van der Waals surface area contributed by atoms with E-state index < -0.39 is 11.5 Å². The molecule has 0 aromatic rings. The Labute approximate surface area is 95.2 Å². The number of nitrogens with one attached hydrogen (secondary N) is 1. The van der Waals surface area contributed by atoms with Crippen molar-refractivity contribution in [2.24, 2.45) is 5.92 Å². The van der Waals surface area contributed by atoms with Crippen LogP contribution >= 0.6 is 0 Å². The van der Waals surface area contributed by atoms with Gasteiger partial charge in [-0.25, -0.2) is 4.79 Å². The minimum absolute atomic E-state index is 0.0652. The second-order valence-electron chi connectivity index (χ2n) is 4.67. The molecule has 1 amide bonds. The van der Waals surface area contributed by atoms with E-state index in [-0.39, 0.29) is 12.5 Å². The summed E-state index contributed by atoms with van der Waals surface area (Å²) in [4.78, 5) is 22.7. The highest BCUT2D eigenvalue weighted by Gasteiger charge is 2.43. The van der Waals surface area contributed by atoms with Gasteiger partial charge in [0.1, 0.15) is 0 Å². The largest absolute Gasteiger partial charge is 0.479 e. The molecule has 0 aliphatic carbocycles. The molecular formula is C11H19NO4. The third kappa shape index (κ3) is 3.20. The maximum absolute atomic E-state index is 11.6. The van der Waals surface area contributed by atoms with Gasteiger partial charge in [-0.05, 0) is 12.3 Å². The van der Waals surface area contributed by atoms with Crippen molar-refractivity contribution in [1.82, 2.24) is 5.32 Å². The molecule has 0 bridgehead atoms. The Morgan fingerprint density at radius 2 is 2.19 bits per heavy atom. The molecule has 1 rings (SSSR count). The van der Waals surface area contributed by atoms with E-state index in [2.05, 4.69) is 5.32 Å². The van der Waals surface area contributed by atoms with Crippen LogP contribution in [0.1, 0.15) is 33.1 Å². The molecule has 5 nitrogen and oxygen atoms in total. The third-order valence-electron chi connectivity index (χ3n) is 2.76. The minimum atomic E-state index is -1.20. The Kier molecular flexibility index (Phi) is 4.29. The fourth-order valence-corrected chi connectivity index (χ4v) is 1.63. The van der Waals surface area contributed by atoms with Crippen LogP contribution in [-0.2, 0) is 14.3 Å². The van der Waals surface area contributed by atoms with Crippen LogP contribution in [0.4, 0.5) is 0 Å². The lowest BCUT2D eigenvalue weighted by Crippen LogP contribution is -2.55. The van der Waals surface area contributed by atoms with Gasteiger partial charge in [-0.2, -0.15) is 0 Å². The molecule has 1 saturated heterocycles. The first-order chi connectivity index (χ1) is 7.46. The van der Waals surface area contributed by atoms with Gasteiger partial charge >= 0.3 is 5.97 Å². The predicted molar refractivity (Wildman–Crippen MR) is 58.0 cm³/mol. The number of carboxylic acids is 1. The van der Waals surface area contributed by atoms with Crippen LogP contribution in [0.15, 0.2) is 0 Å². The maximum Gasteiger partial charge on any atom is 0.331 e. The average Bonchev–Trinajstić information content (AvgIpc) is 2.64. The first-order valence-electron chi connectivity index (χ1n) is 5.58. The highest BCUT2D eigenvalue weighted by molar-refractivity contribution is 5.87. The van der Waals surface area contributed by atoms with Crippen molar-refractivity contribution in [1.29, 1.82) is 0 Å². The number of ether oxygens (including phenoxy) is 1. The van der Waals surface area contributed by atoms with Gasteiger partial charge in [-0.15, -0.1) is 0 Å². The van der Waals surface area contributed by atoms with Gasteiger partial charge in [0, 0.05) is 19.4 Å². The number of rotatable bonds is 5. The zero-order chi connectivity index (χ0) is 12.2. The normalized spacial score (nSPS) is 24.7. The summed E-state index contributed by atoms with van der Waals surface area (Å²) >= 11 is 0. The predicted octanol–water partition coefficient (Wildman–Crippen LogP) is 0.782. The van der Waals surface area contributed by atoms with Crippen molar-refractivity contribution in [3.8, 4) is 0 Å². The highest BCUT2D eigenvalue weighted by atomic mass is 16.5. The van der Waals surface area contributed by atoms with Crippen molar-refractivity contribution in [2.75, 3.05) is 13.2 Å². The average molecular weight is 229 g/mol. The fourth-order valence-electron chi connectivity index (χ4n) is 1.63. The summed E-state index contributed by atoms with van der Waals surface area (Å²) in [6.07, 6.45) is 1.48. The van der Waals surface area contributed by atoms with Crippen LogP contribution in [0.3, 0.4) is 0 Å². The summed E-state index contributed by atoms with van der Waals surface area (Å²) in [7, 11) is 0. The quantitative estimate of drug-likeness (QED) is 0.730. The molecular weight excluding hydrogens is 210 g/mol. The van der Waals surface area contributed by atoms with Gasteiger partial charge in [0.05, 0.1) is 6.61 Å². The van der Waals surface area contributed by atoms with Crippen LogP contribution in [0.25, 0.3) is 0 Å². The smallest absolute Gasteiger partial charge is 0.331 e. The lowest BCUT2D eigenvalue weighted by molar-refractivity contribution is -0.147. The summed E-state index contributed by atoms with van der Waals surface area (Å²) in [6, 6.07) is 0. The SMILES string of the molecule is CC(C)CCC(=O)NC1(C(=O)O)CCOC1. The van der Waals surface area contributed by atoms with E-state index in [0.29, 0.717) is 25.4 Å². The monoisotopic (exact) mass is 229 g/mol. The first-order valence-corrected chi connectivity index (χ1v) is 5.58. The van der Waals surface area contributed by atoms with E-state index in [4.69, 9.17) is 9.84 Å². The summed E-state index contributed by atoms with van der Waals surface area (Å²) in [5, 5.41) is 11.7. The molecule has 0 spiro atoms. The lowest BCUT2D eigenvalue weighted by Gasteiger charge is -2.23. The minimum Gasteiger partial charge on any atom is -0.479 e. The van der Waals surface area contributed by atoms with Gasteiger partial charge in [-0.3, -0.25) is 4.79 Å². The number of carbonyl (C=O) groups is 2. The van der Waals surface area contributed by atoms with Crippen molar-refractivity contribution >= 4 is 11.9 Å². The van der Waals surface area contributed by atoms with Gasteiger partial charge in [0.15, 0.2) is 5.54 Å². The number of carbonyl (C=O) groups excluding carboxylic acids is 1. The van der Waals surface area contributed by atoms with Crippen LogP contribution < -0.4 is 5.32 Å². The summed E-state index contributed by atoms with van der Waals surface area (Å²) in [5.41, 5.74) is -1.20. The van der Waals surface area contributed by atoms with E-state index in [1.165, 1.54) is 0 Å². The molecule has 1 heterocycles. The Morgan fingerprint density at radius 1 is 1.50 bits per heavy atom. The molecule has 0 aromatic heterocycles. The number of hydrogen-bond donors (Lipinski definition) is 2. The Morgan fingerprint density at radius 3 is 2.62 bits per heavy atom. The maximum atomic E-state index is 11.6. The van der Waals surface area contributed by atoms with Crippen LogP contribution in [0.2, 0.25) is 0 Å². The number of amides is 1. The molecule has 92 valence electrons. The third-order valence-corrected chi connectivity index (χ3v) is 2.76. The highest BCUT2D eigenvalue weighted by Crippen LogP contribution is 2.19. The molecule has 1 unspecified atom stereocenters. The summed E-state index contributed by atoms with van der Waals surface area (Å²) in [6.45, 7) is 4.50. The number of hydrogen-bond acceptors (Lipinski definition) is 3. The van der Waals surface area contributed by atoms with Crippen LogP contribution in [0.5, 0.6) is 0 Å². The van der Waals surface area contributed by atoms with E-state index in [1.807, 2.05) is 13.8 Å². The molecule has 1 fully saturated rings. The van der Waals surface area contributed by atoms with Crippen LogP contribution in [-0.4, -0.2) is 35.7 Å². The molecule has 16 heavy (non-hydrogen) atoms. The molecule has 0 saturated carbocycles. The molecule has 1 aliphatic heterocycles. The zero-order valence-corrected chi connectivity index (χ0v) is 9.78. The molecule has 2 N–H and O–H groups in total. The molecule has 0 radical (unpaired) electrons. The van der Waals surface area contributed by atoms with Crippen molar-refractivity contribution in [2.45, 2.75) is 38.6 Å². The number of aliphatic carboxylic acids is 1. The van der Waals surface area contributed by atoms with Crippen LogP contribution in [0, 0.1) is 5.92 Å². The standard InChI is InChI=1S/C11H19NO4/c1-8(2)3-4-9(13)12-11(10(14)15)5-6-16-7-11/h8H,3-7H2,1-2H3,(H,12,13)(H,14,15). The Balaban J connectivity index is 2.49. The summed E-state index contributed by atoms with van der Waals surface area (Å²) in [5.74, 6) is -0.782. The van der Waals surface area contributed by atoms with Crippen molar-refractivity contribution < 1.29 is 19.4 Å². The van der Waals surface area contributed by atoms with Gasteiger partial charge in [0.2, 0.25) is 5.91 Å². The lowest BCUT2D eigenvalue weighted by atomic mass is 9.98. The fraction of sp³-hybridized carbons (Fsp3) is 0.818. The number of carboxylic acid groups (broad SMARTS) is 1. The second kappa shape index (κ2) is 5.30. The molecule has 1 aliphatic rings.